The van der Waals surface area contributed by atoms with E-state index in [4.69, 9.17) is 4.74 Å². The lowest BCUT2D eigenvalue weighted by atomic mass is 9.82. The summed E-state index contributed by atoms with van der Waals surface area (Å²) in [6, 6.07) is 25.3. The number of fused-ring (bicyclic) bond motifs is 2. The molecule has 1 N–H and O–H groups in total. The van der Waals surface area contributed by atoms with Crippen LogP contribution in [0.4, 0.5) is 21.2 Å². The van der Waals surface area contributed by atoms with E-state index in [-0.39, 0.29) is 25.0 Å². The van der Waals surface area contributed by atoms with Crippen molar-refractivity contribution in [3.05, 3.63) is 112 Å². The molecule has 3 aliphatic heterocycles. The number of carbonyl (C=O) groups is 2. The molecule has 0 radical (unpaired) electrons. The number of aliphatic hydroxyl groups is 1. The van der Waals surface area contributed by atoms with E-state index in [1.54, 1.807) is 33.8 Å². The minimum Gasteiger partial charge on any atom is -0.396 e. The number of ether oxygens (including phenoxy) is 1. The highest BCUT2D eigenvalue weighted by molar-refractivity contribution is 9.10. The van der Waals surface area contributed by atoms with Crippen molar-refractivity contribution in [3.63, 3.8) is 0 Å². The molecule has 9 nitrogen and oxygen atoms in total. The van der Waals surface area contributed by atoms with Crippen LogP contribution >= 0.6 is 15.9 Å². The van der Waals surface area contributed by atoms with Crippen LogP contribution in [0.2, 0.25) is 18.6 Å². The van der Waals surface area contributed by atoms with Gasteiger partial charge in [-0.1, -0.05) is 64.5 Å². The summed E-state index contributed by atoms with van der Waals surface area (Å²) in [5.41, 5.74) is 3.57. The fourth-order valence-corrected chi connectivity index (χ4v) is 11.4. The van der Waals surface area contributed by atoms with Gasteiger partial charge in [-0.05, 0) is 72.9 Å². The number of aliphatic hydroxyl groups excluding tert-OH is 1. The molecule has 0 unspecified atom stereocenters. The first-order valence-electron chi connectivity index (χ1n) is 16.9. The molecular weight excluding hydrogens is 717 g/mol. The molecule has 1 saturated heterocycles. The van der Waals surface area contributed by atoms with Gasteiger partial charge in [-0.2, -0.15) is 0 Å². The first-order valence-corrected chi connectivity index (χ1v) is 20.7. The zero-order valence-corrected chi connectivity index (χ0v) is 30.6. The van der Waals surface area contributed by atoms with Crippen LogP contribution in [0.5, 0.6) is 0 Å². The number of carbonyl (C=O) groups excluding carboxylic acids is 2. The Kier molecular flexibility index (Phi) is 8.05. The highest BCUT2D eigenvalue weighted by atomic mass is 79.9. The van der Waals surface area contributed by atoms with Crippen molar-refractivity contribution in [2.45, 2.75) is 63.2 Å². The number of benzene rings is 4. The SMILES string of the molecule is C[C@@H]1[C@@H]([Si](C)(C)F)[C@H](CCn2cc(CCO)nn2)O[C@@]12C(=O)N(Cc1ccc(N3C(=O)c4cccc5cccc3c45)cc1)c1ccc(Br)cc12. The highest BCUT2D eigenvalue weighted by Gasteiger charge is 2.66. The number of rotatable bonds is 9. The van der Waals surface area contributed by atoms with Crippen LogP contribution in [0.15, 0.2) is 89.5 Å². The van der Waals surface area contributed by atoms with Gasteiger partial charge in [0.2, 0.25) is 8.41 Å². The predicted molar refractivity (Wildman–Crippen MR) is 196 cm³/mol. The average molecular weight is 755 g/mol. The number of hydrogen-bond acceptors (Lipinski definition) is 6. The number of aryl methyl sites for hydroxylation is 1. The van der Waals surface area contributed by atoms with E-state index < -0.39 is 31.6 Å². The monoisotopic (exact) mass is 753 g/mol. The standard InChI is InChI=1S/C38H37BrFN5O4Si/c1-23-35(50(2,3)40)33(16-18-43-22-27(17-19-46)41-42-43)49-38(23)30-20-26(39)12-15-31(30)44(37(38)48)21-24-10-13-28(14-11-24)45-32-9-5-7-25-6-4-8-29(34(25)32)36(45)47/h4-15,20,22-23,33,35,46H,16-19,21H2,1-3H3/t23-,33+,35-,38+/m1/s1. The fourth-order valence-electron chi connectivity index (χ4n) is 8.49. The molecule has 0 aliphatic carbocycles. The molecule has 2 amide bonds. The van der Waals surface area contributed by atoms with Crippen molar-refractivity contribution in [2.24, 2.45) is 5.92 Å². The lowest BCUT2D eigenvalue weighted by Crippen LogP contribution is -2.45. The van der Waals surface area contributed by atoms with Gasteiger partial charge in [0, 0.05) is 58.3 Å². The second-order valence-corrected chi connectivity index (χ2v) is 18.8. The van der Waals surface area contributed by atoms with E-state index in [1.165, 1.54) is 0 Å². The second-order valence-electron chi connectivity index (χ2n) is 14.0. The summed E-state index contributed by atoms with van der Waals surface area (Å²) in [6.07, 6.45) is 2.15. The van der Waals surface area contributed by atoms with Gasteiger partial charge in [-0.3, -0.25) is 19.2 Å². The molecule has 256 valence electrons. The Balaban J connectivity index is 1.09. The highest BCUT2D eigenvalue weighted by Crippen LogP contribution is 2.60. The lowest BCUT2D eigenvalue weighted by Gasteiger charge is -2.31. The molecule has 0 saturated carbocycles. The van der Waals surface area contributed by atoms with Gasteiger partial charge < -0.3 is 18.9 Å². The summed E-state index contributed by atoms with van der Waals surface area (Å²) in [4.78, 5) is 31.8. The number of halogens is 2. The summed E-state index contributed by atoms with van der Waals surface area (Å²) in [5, 5.41) is 19.6. The van der Waals surface area contributed by atoms with Crippen molar-refractivity contribution in [2.75, 3.05) is 16.4 Å². The summed E-state index contributed by atoms with van der Waals surface area (Å²) < 4.78 is 25.7. The maximum atomic E-state index is 16.3. The van der Waals surface area contributed by atoms with Crippen molar-refractivity contribution in [3.8, 4) is 0 Å². The maximum absolute atomic E-state index is 16.3. The topological polar surface area (TPSA) is 101 Å². The molecule has 50 heavy (non-hydrogen) atoms. The summed E-state index contributed by atoms with van der Waals surface area (Å²) in [6.45, 7) is 6.07. The van der Waals surface area contributed by atoms with Gasteiger partial charge in [0.1, 0.15) is 0 Å². The third-order valence-corrected chi connectivity index (χ3v) is 13.6. The van der Waals surface area contributed by atoms with Gasteiger partial charge in [-0.15, -0.1) is 5.10 Å². The van der Waals surface area contributed by atoms with Crippen LogP contribution in [0.25, 0.3) is 10.8 Å². The van der Waals surface area contributed by atoms with Crippen molar-refractivity contribution in [1.29, 1.82) is 0 Å². The van der Waals surface area contributed by atoms with Crippen LogP contribution in [0.3, 0.4) is 0 Å². The first-order chi connectivity index (χ1) is 24.0. The van der Waals surface area contributed by atoms with E-state index in [9.17, 15) is 14.7 Å². The van der Waals surface area contributed by atoms with E-state index in [0.717, 1.165) is 43.4 Å². The zero-order valence-electron chi connectivity index (χ0n) is 28.0. The zero-order chi connectivity index (χ0) is 34.9. The van der Waals surface area contributed by atoms with Crippen LogP contribution in [0, 0.1) is 5.92 Å². The third kappa shape index (κ3) is 5.14. The largest absolute Gasteiger partial charge is 0.396 e. The Hall–Kier alpha value is -4.23. The summed E-state index contributed by atoms with van der Waals surface area (Å²) in [5.74, 6) is -0.681. The van der Waals surface area contributed by atoms with E-state index in [0.29, 0.717) is 30.6 Å². The van der Waals surface area contributed by atoms with Gasteiger partial charge in [0.15, 0.2) is 5.60 Å². The van der Waals surface area contributed by atoms with E-state index in [1.807, 2.05) is 85.8 Å². The van der Waals surface area contributed by atoms with Gasteiger partial charge in [0.25, 0.3) is 11.8 Å². The van der Waals surface area contributed by atoms with Gasteiger partial charge in [-0.25, -0.2) is 0 Å². The Labute approximate surface area is 299 Å². The Morgan fingerprint density at radius 1 is 1.02 bits per heavy atom. The van der Waals surface area contributed by atoms with E-state index in [2.05, 4.69) is 26.2 Å². The number of aromatic nitrogens is 3. The number of nitrogens with zero attached hydrogens (tertiary/aromatic N) is 5. The molecule has 12 heteroatoms. The average Bonchev–Trinajstić information content (AvgIpc) is 3.81. The number of amides is 2. The van der Waals surface area contributed by atoms with Crippen molar-refractivity contribution >= 4 is 64.0 Å². The van der Waals surface area contributed by atoms with Gasteiger partial charge >= 0.3 is 0 Å². The smallest absolute Gasteiger partial charge is 0.264 e. The fraction of sp³-hybridized carbons (Fsp3) is 0.316. The van der Waals surface area contributed by atoms with Crippen LogP contribution in [-0.2, 0) is 34.6 Å². The summed E-state index contributed by atoms with van der Waals surface area (Å²) >= 11 is 3.62. The van der Waals surface area contributed by atoms with Crippen LogP contribution in [-0.4, -0.2) is 53.0 Å². The van der Waals surface area contributed by atoms with Crippen molar-refractivity contribution < 1.29 is 23.5 Å². The minimum atomic E-state index is -3.33. The Morgan fingerprint density at radius 2 is 1.78 bits per heavy atom. The molecule has 4 heterocycles. The molecule has 4 atom stereocenters. The lowest BCUT2D eigenvalue weighted by molar-refractivity contribution is -0.146. The molecule has 1 aromatic heterocycles. The minimum absolute atomic E-state index is 0.0182. The third-order valence-electron chi connectivity index (χ3n) is 10.6. The Bertz CT molecular complexity index is 2150. The van der Waals surface area contributed by atoms with Gasteiger partial charge in [0.05, 0.1) is 35.3 Å². The molecule has 8 rings (SSSR count). The molecule has 4 aromatic carbocycles. The number of hydrogen-bond donors (Lipinski definition) is 1. The molecule has 0 bridgehead atoms. The van der Waals surface area contributed by atoms with E-state index >= 15 is 4.11 Å². The summed E-state index contributed by atoms with van der Waals surface area (Å²) in [7, 11) is -3.33. The molecular formula is C38H37BrFN5O4Si. The molecule has 1 fully saturated rings. The quantitative estimate of drug-likeness (QED) is 0.124. The predicted octanol–water partition coefficient (Wildman–Crippen LogP) is 7.43. The van der Waals surface area contributed by atoms with Crippen LogP contribution < -0.4 is 9.80 Å². The first kappa shape index (κ1) is 32.9. The second kappa shape index (κ2) is 12.2. The normalized spacial score (nSPS) is 22.8. The Morgan fingerprint density at radius 3 is 2.52 bits per heavy atom. The van der Waals surface area contributed by atoms with Crippen LogP contribution in [0.1, 0.15) is 40.5 Å². The maximum Gasteiger partial charge on any atom is 0.264 e. The molecule has 5 aromatic rings. The molecule has 1 spiro atoms. The number of anilines is 3. The van der Waals surface area contributed by atoms with Crippen molar-refractivity contribution in [1.82, 2.24) is 15.0 Å². The molecule has 3 aliphatic rings.